The summed E-state index contributed by atoms with van der Waals surface area (Å²) >= 11 is 0. The first-order valence-electron chi connectivity index (χ1n) is 9.83. The van der Waals surface area contributed by atoms with E-state index in [1.165, 1.54) is 6.92 Å². The van der Waals surface area contributed by atoms with Gasteiger partial charge in [-0.25, -0.2) is 4.79 Å². The number of rotatable bonds is 12. The monoisotopic (exact) mass is 426 g/mol. The third-order valence-electron chi connectivity index (χ3n) is 4.38. The van der Waals surface area contributed by atoms with Gasteiger partial charge in [-0.3, -0.25) is 24.0 Å². The van der Waals surface area contributed by atoms with E-state index in [2.05, 4.69) is 20.4 Å². The van der Waals surface area contributed by atoms with E-state index in [4.69, 9.17) is 9.47 Å². The molecule has 1 fully saturated rings. The third-order valence-corrected chi connectivity index (χ3v) is 4.38. The second-order valence-electron chi connectivity index (χ2n) is 7.18. The van der Waals surface area contributed by atoms with Gasteiger partial charge in [0.2, 0.25) is 12.2 Å². The van der Waals surface area contributed by atoms with Crippen molar-refractivity contribution in [3.63, 3.8) is 0 Å². The largest absolute Gasteiger partial charge is 0.537 e. The highest BCUT2D eigenvalue weighted by molar-refractivity contribution is 6.01. The van der Waals surface area contributed by atoms with Gasteiger partial charge in [-0.1, -0.05) is 11.5 Å². The van der Waals surface area contributed by atoms with Crippen LogP contribution in [0.3, 0.4) is 0 Å². The lowest BCUT2D eigenvalue weighted by molar-refractivity contribution is -0.191. The molecule has 30 heavy (non-hydrogen) atoms. The number of hydrogen-bond acceptors (Lipinski definition) is 10. The number of hydroxylamine groups is 2. The van der Waals surface area contributed by atoms with Gasteiger partial charge in [0.1, 0.15) is 0 Å². The minimum atomic E-state index is -1.31. The molecule has 3 amide bonds. The Balaban J connectivity index is 1.47. The minimum Gasteiger partial charge on any atom is -0.425 e. The van der Waals surface area contributed by atoms with Crippen molar-refractivity contribution < 1.29 is 38.3 Å². The molecule has 0 bridgehead atoms. The van der Waals surface area contributed by atoms with E-state index in [-0.39, 0.29) is 30.8 Å². The van der Waals surface area contributed by atoms with Gasteiger partial charge in [0.25, 0.3) is 11.8 Å². The van der Waals surface area contributed by atoms with E-state index in [0.29, 0.717) is 43.7 Å². The lowest BCUT2D eigenvalue weighted by Crippen LogP contribution is -2.34. The zero-order chi connectivity index (χ0) is 22.1. The summed E-state index contributed by atoms with van der Waals surface area (Å²) in [5, 5.41) is 10.8. The Hall–Kier alpha value is -3.05. The number of amides is 3. The van der Waals surface area contributed by atoms with E-state index in [9.17, 15) is 24.0 Å². The van der Waals surface area contributed by atoms with Crippen molar-refractivity contribution >= 4 is 29.8 Å². The zero-order valence-corrected chi connectivity index (χ0v) is 17.0. The summed E-state index contributed by atoms with van der Waals surface area (Å²) in [6, 6.07) is 0. The minimum absolute atomic E-state index is 0.0355. The molecule has 12 nitrogen and oxygen atoms in total. The standard InChI is InChI=1S/C18H26N4O8/c1-12(29-17(27)30-22-14(24)7-8-15(22)25)28-16(26)6-4-3-5-11-19-13(23)9-10-18(2)20-21-18/h12H,3-11H2,1-2H3,(H,19,23). The molecule has 0 aromatic carbocycles. The molecule has 0 aromatic rings. The number of nitrogens with one attached hydrogen (secondary N) is 1. The van der Waals surface area contributed by atoms with Crippen LogP contribution in [0.15, 0.2) is 10.2 Å². The molecule has 166 valence electrons. The van der Waals surface area contributed by atoms with Crippen LogP contribution in [0.25, 0.3) is 0 Å². The zero-order valence-electron chi connectivity index (χ0n) is 17.0. The molecule has 0 radical (unpaired) electrons. The molecule has 12 heteroatoms. The maximum Gasteiger partial charge on any atom is 0.537 e. The first-order valence-corrected chi connectivity index (χ1v) is 9.83. The van der Waals surface area contributed by atoms with Crippen LogP contribution in [0, 0.1) is 0 Å². The van der Waals surface area contributed by atoms with Gasteiger partial charge < -0.3 is 14.8 Å². The predicted octanol–water partition coefficient (Wildman–Crippen LogP) is 1.73. The fraction of sp³-hybridized carbons (Fsp3) is 0.722. The molecule has 2 heterocycles. The molecule has 2 aliphatic rings. The van der Waals surface area contributed by atoms with Crippen molar-refractivity contribution in [1.29, 1.82) is 0 Å². The van der Waals surface area contributed by atoms with Gasteiger partial charge in [0.15, 0.2) is 5.66 Å². The van der Waals surface area contributed by atoms with Crippen LogP contribution in [-0.4, -0.2) is 53.4 Å². The van der Waals surface area contributed by atoms with Crippen molar-refractivity contribution in [3.8, 4) is 0 Å². The topological polar surface area (TPSA) is 153 Å². The highest BCUT2D eigenvalue weighted by atomic mass is 16.9. The lowest BCUT2D eigenvalue weighted by atomic mass is 10.1. The molecule has 0 aromatic heterocycles. The number of carbonyl (C=O) groups excluding carboxylic acids is 5. The lowest BCUT2D eigenvalue weighted by Gasteiger charge is -2.16. The Morgan fingerprint density at radius 1 is 1.07 bits per heavy atom. The molecule has 1 N–H and O–H groups in total. The molecule has 1 atom stereocenters. The van der Waals surface area contributed by atoms with E-state index in [1.54, 1.807) is 0 Å². The van der Waals surface area contributed by atoms with E-state index in [0.717, 1.165) is 0 Å². The summed E-state index contributed by atoms with van der Waals surface area (Å²) in [5.41, 5.74) is -0.377. The van der Waals surface area contributed by atoms with Crippen molar-refractivity contribution in [2.75, 3.05) is 6.54 Å². The van der Waals surface area contributed by atoms with Gasteiger partial charge in [-0.15, -0.1) is 0 Å². The van der Waals surface area contributed by atoms with Crippen LogP contribution in [0.4, 0.5) is 4.79 Å². The van der Waals surface area contributed by atoms with Gasteiger partial charge in [-0.05, 0) is 19.8 Å². The van der Waals surface area contributed by atoms with Gasteiger partial charge in [0, 0.05) is 45.6 Å². The highest BCUT2D eigenvalue weighted by Crippen LogP contribution is 2.31. The molecule has 1 unspecified atom stereocenters. The fourth-order valence-electron chi connectivity index (χ4n) is 2.58. The number of esters is 1. The van der Waals surface area contributed by atoms with Crippen molar-refractivity contribution in [1.82, 2.24) is 10.4 Å². The van der Waals surface area contributed by atoms with E-state index in [1.807, 2.05) is 6.92 Å². The molecule has 2 rings (SSSR count). The molecule has 0 saturated carbocycles. The number of hydrogen-bond donors (Lipinski definition) is 1. The maximum atomic E-state index is 11.7. The Morgan fingerprint density at radius 3 is 2.37 bits per heavy atom. The summed E-state index contributed by atoms with van der Waals surface area (Å²) in [6.07, 6.45) is 0.420. The maximum absolute atomic E-state index is 11.7. The quantitative estimate of drug-likeness (QED) is 0.214. The van der Waals surface area contributed by atoms with E-state index >= 15 is 0 Å². The second kappa shape index (κ2) is 10.6. The van der Waals surface area contributed by atoms with Crippen LogP contribution >= 0.6 is 0 Å². The Kier molecular flexibility index (Phi) is 8.25. The summed E-state index contributed by atoms with van der Waals surface area (Å²) in [5.74, 6) is -1.90. The van der Waals surface area contributed by atoms with Crippen LogP contribution in [0.2, 0.25) is 0 Å². The van der Waals surface area contributed by atoms with Crippen molar-refractivity contribution in [2.24, 2.45) is 10.2 Å². The first kappa shape index (κ1) is 23.2. The van der Waals surface area contributed by atoms with Crippen molar-refractivity contribution in [3.05, 3.63) is 0 Å². The Bertz CT molecular complexity index is 701. The normalized spacial score (nSPS) is 17.5. The summed E-state index contributed by atoms with van der Waals surface area (Å²) < 4.78 is 9.61. The summed E-state index contributed by atoms with van der Waals surface area (Å²) in [6.45, 7) is 3.69. The molecule has 1 saturated heterocycles. The van der Waals surface area contributed by atoms with E-state index < -0.39 is 30.2 Å². The number of ether oxygens (including phenoxy) is 2. The SMILES string of the molecule is CC(OC(=O)CCCCCNC(=O)CCC1(C)N=N1)OC(=O)ON1C(=O)CCC1=O. The molecule has 0 spiro atoms. The van der Waals surface area contributed by atoms with Crippen molar-refractivity contribution in [2.45, 2.75) is 77.2 Å². The molecule has 0 aliphatic carbocycles. The number of unbranched alkanes of at least 4 members (excludes halogenated alkanes) is 2. The number of nitrogens with zero attached hydrogens (tertiary/aromatic N) is 3. The Morgan fingerprint density at radius 2 is 1.73 bits per heavy atom. The first-order chi connectivity index (χ1) is 14.2. The van der Waals surface area contributed by atoms with Crippen LogP contribution < -0.4 is 5.32 Å². The highest BCUT2D eigenvalue weighted by Gasteiger charge is 2.34. The predicted molar refractivity (Wildman–Crippen MR) is 98.2 cm³/mol. The summed E-state index contributed by atoms with van der Waals surface area (Å²) in [7, 11) is 0. The van der Waals surface area contributed by atoms with Gasteiger partial charge in [-0.2, -0.15) is 10.2 Å². The second-order valence-corrected chi connectivity index (χ2v) is 7.18. The fourth-order valence-corrected chi connectivity index (χ4v) is 2.58. The number of carbonyl (C=O) groups is 5. The van der Waals surface area contributed by atoms with Gasteiger partial charge >= 0.3 is 12.1 Å². The van der Waals surface area contributed by atoms with Crippen LogP contribution in [0.1, 0.15) is 65.2 Å². The Labute approximate surface area is 173 Å². The average Bonchev–Trinajstić information content (AvgIpc) is 3.34. The van der Waals surface area contributed by atoms with Crippen LogP contribution in [0.5, 0.6) is 0 Å². The van der Waals surface area contributed by atoms with Gasteiger partial charge in [0.05, 0.1) is 0 Å². The summed E-state index contributed by atoms with van der Waals surface area (Å²) in [4.78, 5) is 62.1. The molecular weight excluding hydrogens is 400 g/mol. The average molecular weight is 426 g/mol. The third kappa shape index (κ3) is 8.13. The smallest absolute Gasteiger partial charge is 0.425 e. The molecular formula is C18H26N4O8. The number of imide groups is 1. The molecule has 2 aliphatic heterocycles. The van der Waals surface area contributed by atoms with Crippen LogP contribution in [-0.2, 0) is 33.5 Å².